The molecule has 0 saturated heterocycles. The van der Waals surface area contributed by atoms with Crippen LogP contribution in [0.5, 0.6) is 0 Å². The summed E-state index contributed by atoms with van der Waals surface area (Å²) in [6, 6.07) is 0. The van der Waals surface area contributed by atoms with Gasteiger partial charge in [0.25, 0.3) is 0 Å². The Morgan fingerprint density at radius 1 is 0.345 bits per heavy atom. The van der Waals surface area contributed by atoms with E-state index in [9.17, 15) is 14.4 Å². The molecule has 0 aromatic carbocycles. The van der Waals surface area contributed by atoms with E-state index in [1.807, 2.05) is 0 Å². The van der Waals surface area contributed by atoms with E-state index >= 15 is 0 Å². The molecule has 0 aliphatic heterocycles. The molecular formula is C49H90O6. The van der Waals surface area contributed by atoms with E-state index < -0.39 is 6.10 Å². The fourth-order valence-electron chi connectivity index (χ4n) is 6.76. The lowest BCUT2D eigenvalue weighted by Crippen LogP contribution is -2.30. The lowest BCUT2D eigenvalue weighted by Gasteiger charge is -2.18. The average Bonchev–Trinajstić information content (AvgIpc) is 3.18. The molecule has 6 heteroatoms. The summed E-state index contributed by atoms with van der Waals surface area (Å²) >= 11 is 0. The summed E-state index contributed by atoms with van der Waals surface area (Å²) in [6.07, 6.45) is 48.8. The van der Waals surface area contributed by atoms with Crippen molar-refractivity contribution in [3.05, 3.63) is 24.3 Å². The number of hydrogen-bond donors (Lipinski definition) is 0. The first-order valence-electron chi connectivity index (χ1n) is 23.8. The largest absolute Gasteiger partial charge is 0.462 e. The smallest absolute Gasteiger partial charge is 0.306 e. The number of carbonyl (C=O) groups is 3. The summed E-state index contributed by atoms with van der Waals surface area (Å²) in [4.78, 5) is 37.7. The fraction of sp³-hybridized carbons (Fsp3) is 0.857. The monoisotopic (exact) mass is 775 g/mol. The Labute approximate surface area is 341 Å². The third kappa shape index (κ3) is 42.9. The first kappa shape index (κ1) is 52.9. The molecule has 0 saturated carbocycles. The van der Waals surface area contributed by atoms with Crippen LogP contribution in [-0.4, -0.2) is 37.2 Å². The average molecular weight is 775 g/mol. The van der Waals surface area contributed by atoms with Gasteiger partial charge in [0.2, 0.25) is 0 Å². The van der Waals surface area contributed by atoms with Crippen molar-refractivity contribution in [2.45, 2.75) is 258 Å². The Bertz CT molecular complexity index is 896. The second-order valence-corrected chi connectivity index (χ2v) is 16.0. The lowest BCUT2D eigenvalue weighted by molar-refractivity contribution is -0.167. The molecule has 6 nitrogen and oxygen atoms in total. The summed E-state index contributed by atoms with van der Waals surface area (Å²) in [6.45, 7) is 6.54. The minimum atomic E-state index is -0.774. The molecule has 55 heavy (non-hydrogen) atoms. The highest BCUT2D eigenvalue weighted by Gasteiger charge is 2.19. The molecule has 0 aromatic rings. The molecular weight excluding hydrogens is 685 g/mol. The van der Waals surface area contributed by atoms with Crippen LogP contribution < -0.4 is 0 Å². The van der Waals surface area contributed by atoms with Crippen molar-refractivity contribution in [2.24, 2.45) is 0 Å². The SMILES string of the molecule is CCCC/C=C\CCCCCCC(=O)OCC(COC(=O)CCCCCCCCCCCCCCCCCCC)OC(=O)CCCCCC/C=C\CCCC. The van der Waals surface area contributed by atoms with Crippen molar-refractivity contribution in [1.29, 1.82) is 0 Å². The van der Waals surface area contributed by atoms with E-state index in [-0.39, 0.29) is 31.1 Å². The van der Waals surface area contributed by atoms with Gasteiger partial charge in [-0.25, -0.2) is 0 Å². The number of hydrogen-bond acceptors (Lipinski definition) is 6. The Balaban J connectivity index is 4.28. The number of rotatable bonds is 43. The van der Waals surface area contributed by atoms with Gasteiger partial charge in [0.15, 0.2) is 6.10 Å². The van der Waals surface area contributed by atoms with Crippen molar-refractivity contribution in [1.82, 2.24) is 0 Å². The molecule has 0 rings (SSSR count). The third-order valence-corrected chi connectivity index (χ3v) is 10.4. The molecule has 1 unspecified atom stereocenters. The Kier molecular flexibility index (Phi) is 42.9. The second kappa shape index (κ2) is 44.6. The Morgan fingerprint density at radius 2 is 0.618 bits per heavy atom. The van der Waals surface area contributed by atoms with Crippen LogP contribution in [0, 0.1) is 0 Å². The highest BCUT2D eigenvalue weighted by Crippen LogP contribution is 2.15. The van der Waals surface area contributed by atoms with Crippen LogP contribution in [-0.2, 0) is 28.6 Å². The topological polar surface area (TPSA) is 78.9 Å². The quantitative estimate of drug-likeness (QED) is 0.0266. The van der Waals surface area contributed by atoms with Gasteiger partial charge in [0.05, 0.1) is 0 Å². The van der Waals surface area contributed by atoms with Crippen LogP contribution in [0.15, 0.2) is 24.3 Å². The van der Waals surface area contributed by atoms with E-state index in [4.69, 9.17) is 14.2 Å². The summed E-state index contributed by atoms with van der Waals surface area (Å²) < 4.78 is 16.7. The summed E-state index contributed by atoms with van der Waals surface area (Å²) in [7, 11) is 0. The van der Waals surface area contributed by atoms with Crippen LogP contribution in [0.3, 0.4) is 0 Å². The minimum absolute atomic E-state index is 0.0764. The van der Waals surface area contributed by atoms with Crippen molar-refractivity contribution < 1.29 is 28.6 Å². The molecule has 0 spiro atoms. The van der Waals surface area contributed by atoms with Gasteiger partial charge in [-0.1, -0.05) is 199 Å². The number of ether oxygens (including phenoxy) is 3. The summed E-state index contributed by atoms with van der Waals surface area (Å²) in [5, 5.41) is 0. The molecule has 0 bridgehead atoms. The molecule has 0 fully saturated rings. The zero-order chi connectivity index (χ0) is 40.1. The molecule has 322 valence electrons. The van der Waals surface area contributed by atoms with Gasteiger partial charge < -0.3 is 14.2 Å². The molecule has 0 amide bonds. The number of unbranched alkanes of at least 4 members (excludes halogenated alkanes) is 28. The Hall–Kier alpha value is -2.11. The zero-order valence-corrected chi connectivity index (χ0v) is 36.7. The maximum Gasteiger partial charge on any atom is 0.306 e. The van der Waals surface area contributed by atoms with Crippen LogP contribution >= 0.6 is 0 Å². The second-order valence-electron chi connectivity index (χ2n) is 16.0. The van der Waals surface area contributed by atoms with E-state index in [0.717, 1.165) is 96.3 Å². The van der Waals surface area contributed by atoms with Crippen molar-refractivity contribution in [2.75, 3.05) is 13.2 Å². The normalized spacial score (nSPS) is 12.1. The summed E-state index contributed by atoms with van der Waals surface area (Å²) in [5.41, 5.74) is 0. The highest BCUT2D eigenvalue weighted by atomic mass is 16.6. The predicted octanol–water partition coefficient (Wildman–Crippen LogP) is 15.2. The lowest BCUT2D eigenvalue weighted by atomic mass is 10.0. The maximum absolute atomic E-state index is 12.7. The first-order chi connectivity index (χ1) is 27.0. The van der Waals surface area contributed by atoms with E-state index in [2.05, 4.69) is 45.1 Å². The van der Waals surface area contributed by atoms with Gasteiger partial charge in [-0.15, -0.1) is 0 Å². The van der Waals surface area contributed by atoms with Crippen LogP contribution in [0.4, 0.5) is 0 Å². The maximum atomic E-state index is 12.7. The van der Waals surface area contributed by atoms with Crippen molar-refractivity contribution in [3.8, 4) is 0 Å². The first-order valence-corrected chi connectivity index (χ1v) is 23.8. The standard InChI is InChI=1S/C49H90O6/c1-4-7-10-13-16-19-22-23-24-25-26-27-28-31-33-36-39-42-48(51)54-45-46(55-49(52)43-40-37-34-30-21-18-15-12-9-6-3)44-53-47(50)41-38-35-32-29-20-17-14-11-8-5-2/h14-15,17-18,46H,4-13,16,19-45H2,1-3H3/b17-14-,18-15-. The Morgan fingerprint density at radius 3 is 0.964 bits per heavy atom. The van der Waals surface area contributed by atoms with Crippen LogP contribution in [0.25, 0.3) is 0 Å². The van der Waals surface area contributed by atoms with Gasteiger partial charge >= 0.3 is 17.9 Å². The molecule has 0 N–H and O–H groups in total. The van der Waals surface area contributed by atoms with E-state index in [1.165, 1.54) is 116 Å². The molecule has 0 aromatic heterocycles. The fourth-order valence-corrected chi connectivity index (χ4v) is 6.76. The molecule has 0 radical (unpaired) electrons. The van der Waals surface area contributed by atoms with E-state index in [0.29, 0.717) is 19.3 Å². The molecule has 0 aliphatic carbocycles. The van der Waals surface area contributed by atoms with Crippen LogP contribution in [0.1, 0.15) is 252 Å². The summed E-state index contributed by atoms with van der Waals surface area (Å²) in [5.74, 6) is -0.898. The van der Waals surface area contributed by atoms with Gasteiger partial charge in [-0.05, 0) is 57.8 Å². The van der Waals surface area contributed by atoms with Gasteiger partial charge in [0.1, 0.15) is 13.2 Å². The third-order valence-electron chi connectivity index (χ3n) is 10.4. The number of esters is 3. The van der Waals surface area contributed by atoms with Gasteiger partial charge in [-0.2, -0.15) is 0 Å². The van der Waals surface area contributed by atoms with Crippen molar-refractivity contribution in [3.63, 3.8) is 0 Å². The van der Waals surface area contributed by atoms with Crippen LogP contribution in [0.2, 0.25) is 0 Å². The van der Waals surface area contributed by atoms with Crippen molar-refractivity contribution >= 4 is 17.9 Å². The van der Waals surface area contributed by atoms with Gasteiger partial charge in [0, 0.05) is 19.3 Å². The minimum Gasteiger partial charge on any atom is -0.462 e. The number of allylic oxidation sites excluding steroid dienone is 4. The van der Waals surface area contributed by atoms with E-state index in [1.54, 1.807) is 0 Å². The molecule has 1 atom stereocenters. The predicted molar refractivity (Wildman–Crippen MR) is 233 cm³/mol. The zero-order valence-electron chi connectivity index (χ0n) is 36.7. The highest BCUT2D eigenvalue weighted by molar-refractivity contribution is 5.71. The van der Waals surface area contributed by atoms with Gasteiger partial charge in [-0.3, -0.25) is 14.4 Å². The molecule has 0 heterocycles. The number of carbonyl (C=O) groups excluding carboxylic acids is 3. The molecule has 0 aliphatic rings.